The van der Waals surface area contributed by atoms with Gasteiger partial charge in [0.15, 0.2) is 5.82 Å². The minimum atomic E-state index is -0.319. The molecule has 8 nitrogen and oxygen atoms in total. The molecular formula is C16H22N4O4. The Bertz CT molecular complexity index is 711. The molecule has 2 aromatic rings. The van der Waals surface area contributed by atoms with Gasteiger partial charge in [0.25, 0.3) is 5.91 Å². The number of hydrogen-bond donors (Lipinski definition) is 0. The molecule has 130 valence electrons. The van der Waals surface area contributed by atoms with Crippen LogP contribution in [0.25, 0.3) is 0 Å². The maximum atomic E-state index is 12.9. The molecule has 0 bridgehead atoms. The molecule has 0 saturated carbocycles. The van der Waals surface area contributed by atoms with Crippen molar-refractivity contribution in [2.75, 3.05) is 13.7 Å². The maximum absolute atomic E-state index is 12.9. The SMILES string of the molecule is CCC(C)c1cc(C(=O)N2C[C@H](OC)C[C@@H]2c2nc(C)no2)on1. The summed E-state index contributed by atoms with van der Waals surface area (Å²) in [6, 6.07) is 1.40. The van der Waals surface area contributed by atoms with E-state index in [1.807, 2.05) is 6.92 Å². The number of nitrogens with zero attached hydrogens (tertiary/aromatic N) is 4. The quantitative estimate of drug-likeness (QED) is 0.829. The van der Waals surface area contributed by atoms with Crippen LogP contribution in [0.2, 0.25) is 0 Å². The summed E-state index contributed by atoms with van der Waals surface area (Å²) >= 11 is 0. The zero-order valence-corrected chi connectivity index (χ0v) is 14.4. The average molecular weight is 334 g/mol. The third kappa shape index (κ3) is 3.06. The fourth-order valence-electron chi connectivity index (χ4n) is 2.85. The molecule has 1 saturated heterocycles. The molecule has 0 radical (unpaired) electrons. The molecule has 24 heavy (non-hydrogen) atoms. The van der Waals surface area contributed by atoms with Crippen molar-refractivity contribution < 1.29 is 18.6 Å². The Morgan fingerprint density at radius 1 is 1.46 bits per heavy atom. The third-order valence-electron chi connectivity index (χ3n) is 4.54. The van der Waals surface area contributed by atoms with E-state index >= 15 is 0 Å². The lowest BCUT2D eigenvalue weighted by molar-refractivity contribution is 0.0631. The van der Waals surface area contributed by atoms with Gasteiger partial charge < -0.3 is 18.7 Å². The van der Waals surface area contributed by atoms with Gasteiger partial charge in [0, 0.05) is 32.1 Å². The molecule has 3 atom stereocenters. The highest BCUT2D eigenvalue weighted by Crippen LogP contribution is 2.34. The van der Waals surface area contributed by atoms with Crippen LogP contribution in [-0.4, -0.2) is 45.9 Å². The van der Waals surface area contributed by atoms with Crippen molar-refractivity contribution in [2.45, 2.75) is 51.7 Å². The molecule has 0 spiro atoms. The summed E-state index contributed by atoms with van der Waals surface area (Å²) in [5.74, 6) is 1.19. The van der Waals surface area contributed by atoms with Crippen LogP contribution in [0.15, 0.2) is 15.1 Å². The van der Waals surface area contributed by atoms with E-state index in [4.69, 9.17) is 13.8 Å². The lowest BCUT2D eigenvalue weighted by Gasteiger charge is -2.19. The highest BCUT2D eigenvalue weighted by Gasteiger charge is 2.41. The Morgan fingerprint density at radius 3 is 2.88 bits per heavy atom. The Balaban J connectivity index is 1.84. The summed E-state index contributed by atoms with van der Waals surface area (Å²) in [6.07, 6.45) is 1.46. The molecule has 1 unspecified atom stereocenters. The molecule has 1 aliphatic rings. The van der Waals surface area contributed by atoms with Crippen LogP contribution >= 0.6 is 0 Å². The number of rotatable bonds is 5. The standard InChI is InChI=1S/C16H22N4O4/c1-5-9(2)12-7-14(23-19-12)16(21)20-8-11(22-4)6-13(20)15-17-10(3)18-24-15/h7,9,11,13H,5-6,8H2,1-4H3/t9?,11-,13-/m1/s1. The average Bonchev–Trinajstić information content (AvgIpc) is 3.31. The van der Waals surface area contributed by atoms with E-state index in [-0.39, 0.29) is 29.7 Å². The number of methoxy groups -OCH3 is 1. The molecular weight excluding hydrogens is 312 g/mol. The number of aromatic nitrogens is 3. The van der Waals surface area contributed by atoms with E-state index in [9.17, 15) is 4.79 Å². The van der Waals surface area contributed by atoms with Gasteiger partial charge in [0.1, 0.15) is 6.04 Å². The van der Waals surface area contributed by atoms with E-state index in [1.54, 1.807) is 25.0 Å². The number of aryl methyl sites for hydroxylation is 1. The largest absolute Gasteiger partial charge is 0.380 e. The van der Waals surface area contributed by atoms with Crippen molar-refractivity contribution in [3.63, 3.8) is 0 Å². The van der Waals surface area contributed by atoms with Crippen LogP contribution < -0.4 is 0 Å². The first kappa shape index (κ1) is 16.6. The third-order valence-corrected chi connectivity index (χ3v) is 4.54. The minimum Gasteiger partial charge on any atom is -0.380 e. The number of likely N-dealkylation sites (tertiary alicyclic amines) is 1. The molecule has 0 aromatic carbocycles. The molecule has 0 N–H and O–H groups in total. The Hall–Kier alpha value is -2.22. The molecule has 0 aliphatic carbocycles. The van der Waals surface area contributed by atoms with Crippen LogP contribution in [0.5, 0.6) is 0 Å². The predicted octanol–water partition coefficient (Wildman–Crippen LogP) is 2.48. The second-order valence-corrected chi connectivity index (χ2v) is 6.17. The van der Waals surface area contributed by atoms with E-state index < -0.39 is 0 Å². The lowest BCUT2D eigenvalue weighted by atomic mass is 10.1. The van der Waals surface area contributed by atoms with E-state index in [0.717, 1.165) is 12.1 Å². The van der Waals surface area contributed by atoms with Crippen molar-refractivity contribution >= 4 is 5.91 Å². The molecule has 1 fully saturated rings. The summed E-state index contributed by atoms with van der Waals surface area (Å²) in [7, 11) is 1.63. The highest BCUT2D eigenvalue weighted by atomic mass is 16.5. The van der Waals surface area contributed by atoms with Gasteiger partial charge >= 0.3 is 0 Å². The molecule has 1 aliphatic heterocycles. The lowest BCUT2D eigenvalue weighted by Crippen LogP contribution is -2.32. The van der Waals surface area contributed by atoms with Gasteiger partial charge in [-0.05, 0) is 13.3 Å². The van der Waals surface area contributed by atoms with Gasteiger partial charge in [0.2, 0.25) is 11.7 Å². The normalized spacial score (nSPS) is 22.1. The van der Waals surface area contributed by atoms with Crippen molar-refractivity contribution in [3.8, 4) is 0 Å². The van der Waals surface area contributed by atoms with Crippen LogP contribution in [0.1, 0.15) is 66.6 Å². The van der Waals surface area contributed by atoms with Crippen LogP contribution in [0.4, 0.5) is 0 Å². The zero-order chi connectivity index (χ0) is 17.3. The number of amides is 1. The van der Waals surface area contributed by atoms with Gasteiger partial charge in [0.05, 0.1) is 11.8 Å². The van der Waals surface area contributed by atoms with E-state index in [0.29, 0.717) is 24.7 Å². The van der Waals surface area contributed by atoms with E-state index in [2.05, 4.69) is 22.2 Å². The topological polar surface area (TPSA) is 94.5 Å². The van der Waals surface area contributed by atoms with Gasteiger partial charge in [-0.2, -0.15) is 4.98 Å². The molecule has 1 amide bonds. The van der Waals surface area contributed by atoms with Gasteiger partial charge in [-0.1, -0.05) is 24.2 Å². The van der Waals surface area contributed by atoms with E-state index in [1.165, 1.54) is 0 Å². The van der Waals surface area contributed by atoms with Crippen LogP contribution in [0.3, 0.4) is 0 Å². The van der Waals surface area contributed by atoms with Crippen molar-refractivity contribution in [1.82, 2.24) is 20.2 Å². The first-order valence-electron chi connectivity index (χ1n) is 8.14. The summed E-state index contributed by atoms with van der Waals surface area (Å²) in [4.78, 5) is 18.8. The Labute approximate surface area is 140 Å². The minimum absolute atomic E-state index is 0.0805. The second kappa shape index (κ2) is 6.72. The molecule has 2 aromatic heterocycles. The fourth-order valence-corrected chi connectivity index (χ4v) is 2.85. The summed E-state index contributed by atoms with van der Waals surface area (Å²) in [5.41, 5.74) is 0.786. The summed E-state index contributed by atoms with van der Waals surface area (Å²) in [6.45, 7) is 6.31. The zero-order valence-electron chi connectivity index (χ0n) is 14.4. The molecule has 8 heteroatoms. The monoisotopic (exact) mass is 334 g/mol. The van der Waals surface area contributed by atoms with Crippen LogP contribution in [0, 0.1) is 6.92 Å². The second-order valence-electron chi connectivity index (χ2n) is 6.17. The van der Waals surface area contributed by atoms with Gasteiger partial charge in [-0.3, -0.25) is 4.79 Å². The predicted molar refractivity (Wildman–Crippen MR) is 83.4 cm³/mol. The summed E-state index contributed by atoms with van der Waals surface area (Å²) < 4.78 is 15.9. The Morgan fingerprint density at radius 2 is 2.25 bits per heavy atom. The smallest absolute Gasteiger partial charge is 0.293 e. The fraction of sp³-hybridized carbons (Fsp3) is 0.625. The van der Waals surface area contributed by atoms with Gasteiger partial charge in [-0.15, -0.1) is 0 Å². The van der Waals surface area contributed by atoms with Crippen molar-refractivity contribution in [2.24, 2.45) is 0 Å². The highest BCUT2D eigenvalue weighted by molar-refractivity contribution is 5.92. The number of carbonyl (C=O) groups is 1. The van der Waals surface area contributed by atoms with Crippen molar-refractivity contribution in [1.29, 1.82) is 0 Å². The van der Waals surface area contributed by atoms with Crippen molar-refractivity contribution in [3.05, 3.63) is 29.2 Å². The summed E-state index contributed by atoms with van der Waals surface area (Å²) in [5, 5.41) is 7.83. The van der Waals surface area contributed by atoms with Gasteiger partial charge in [-0.25, -0.2) is 0 Å². The molecule has 3 heterocycles. The van der Waals surface area contributed by atoms with Crippen LogP contribution in [-0.2, 0) is 4.74 Å². The number of carbonyl (C=O) groups excluding carboxylic acids is 1. The number of hydrogen-bond acceptors (Lipinski definition) is 7. The first-order valence-corrected chi connectivity index (χ1v) is 8.14. The number of ether oxygens (including phenoxy) is 1. The molecule has 3 rings (SSSR count). The Kier molecular flexibility index (Phi) is 4.66. The maximum Gasteiger partial charge on any atom is 0.293 e. The first-order chi connectivity index (χ1) is 11.5.